The molecule has 1 atom stereocenters. The van der Waals surface area contributed by atoms with Gasteiger partial charge in [0.15, 0.2) is 0 Å². The minimum Gasteiger partial charge on any atom is -0.491 e. The average molecular weight is 199 g/mol. The highest BCUT2D eigenvalue weighted by Gasteiger charge is 2.22. The SMILES string of the molecule is Nc1ccc(Cl)c2c1OCCC2N. The Balaban J connectivity index is 2.60. The Hall–Kier alpha value is -0.930. The Morgan fingerprint density at radius 3 is 2.92 bits per heavy atom. The van der Waals surface area contributed by atoms with Crippen molar-refractivity contribution in [3.8, 4) is 5.75 Å². The maximum atomic E-state index is 5.99. The van der Waals surface area contributed by atoms with Crippen LogP contribution in [0, 0.1) is 0 Å². The summed E-state index contributed by atoms with van der Waals surface area (Å²) in [5.74, 6) is 0.659. The van der Waals surface area contributed by atoms with Gasteiger partial charge in [-0.15, -0.1) is 0 Å². The summed E-state index contributed by atoms with van der Waals surface area (Å²) in [5.41, 5.74) is 13.1. The number of fused-ring (bicyclic) bond motifs is 1. The molecule has 1 heterocycles. The van der Waals surface area contributed by atoms with Crippen molar-refractivity contribution in [3.63, 3.8) is 0 Å². The van der Waals surface area contributed by atoms with E-state index in [1.807, 2.05) is 0 Å². The molecule has 4 heteroatoms. The lowest BCUT2D eigenvalue weighted by Gasteiger charge is -2.24. The summed E-state index contributed by atoms with van der Waals surface area (Å²) in [4.78, 5) is 0. The number of rotatable bonds is 0. The van der Waals surface area contributed by atoms with Crippen molar-refractivity contribution in [1.29, 1.82) is 0 Å². The zero-order chi connectivity index (χ0) is 9.42. The highest BCUT2D eigenvalue weighted by molar-refractivity contribution is 6.31. The van der Waals surface area contributed by atoms with Gasteiger partial charge in [0.1, 0.15) is 5.75 Å². The van der Waals surface area contributed by atoms with Crippen LogP contribution in [-0.2, 0) is 0 Å². The lowest BCUT2D eigenvalue weighted by atomic mass is 10.0. The molecule has 1 aliphatic heterocycles. The second kappa shape index (κ2) is 3.09. The molecule has 70 valence electrons. The van der Waals surface area contributed by atoms with Gasteiger partial charge in [-0.1, -0.05) is 11.6 Å². The molecule has 1 unspecified atom stereocenters. The number of benzene rings is 1. The molecule has 0 aromatic heterocycles. The van der Waals surface area contributed by atoms with Crippen molar-refractivity contribution in [2.45, 2.75) is 12.5 Å². The van der Waals surface area contributed by atoms with Crippen molar-refractivity contribution in [3.05, 3.63) is 22.7 Å². The molecule has 0 aliphatic carbocycles. The second-order valence-electron chi connectivity index (χ2n) is 3.12. The number of ether oxygens (including phenoxy) is 1. The fraction of sp³-hybridized carbons (Fsp3) is 0.333. The third kappa shape index (κ3) is 1.34. The van der Waals surface area contributed by atoms with Crippen LogP contribution < -0.4 is 16.2 Å². The number of hydrogen-bond acceptors (Lipinski definition) is 3. The molecule has 0 saturated carbocycles. The van der Waals surface area contributed by atoms with Crippen molar-refractivity contribution < 1.29 is 4.74 Å². The minimum atomic E-state index is -0.0558. The summed E-state index contributed by atoms with van der Waals surface area (Å²) in [5, 5.41) is 0.636. The zero-order valence-electron chi connectivity index (χ0n) is 7.09. The van der Waals surface area contributed by atoms with Crippen molar-refractivity contribution >= 4 is 17.3 Å². The van der Waals surface area contributed by atoms with Crippen LogP contribution in [0.5, 0.6) is 5.75 Å². The maximum absolute atomic E-state index is 5.99. The molecule has 1 aromatic carbocycles. The van der Waals surface area contributed by atoms with E-state index in [4.69, 9.17) is 27.8 Å². The first-order valence-electron chi connectivity index (χ1n) is 4.16. The Kier molecular flexibility index (Phi) is 2.06. The standard InChI is InChI=1S/C9H11ClN2O/c10-5-1-2-7(12)9-8(5)6(11)3-4-13-9/h1-2,6H,3-4,11-12H2. The number of anilines is 1. The van der Waals surface area contributed by atoms with Gasteiger partial charge in [-0.2, -0.15) is 0 Å². The lowest BCUT2D eigenvalue weighted by molar-refractivity contribution is 0.270. The number of hydrogen-bond donors (Lipinski definition) is 2. The number of nitrogens with two attached hydrogens (primary N) is 2. The van der Waals surface area contributed by atoms with E-state index in [1.54, 1.807) is 12.1 Å². The molecule has 1 aliphatic rings. The van der Waals surface area contributed by atoms with E-state index in [9.17, 15) is 0 Å². The Bertz CT molecular complexity index is 341. The van der Waals surface area contributed by atoms with E-state index in [2.05, 4.69) is 0 Å². The van der Waals surface area contributed by atoms with Crippen LogP contribution in [-0.4, -0.2) is 6.61 Å². The monoisotopic (exact) mass is 198 g/mol. The van der Waals surface area contributed by atoms with E-state index in [-0.39, 0.29) is 6.04 Å². The van der Waals surface area contributed by atoms with E-state index < -0.39 is 0 Å². The van der Waals surface area contributed by atoms with Gasteiger partial charge in [0.05, 0.1) is 12.3 Å². The maximum Gasteiger partial charge on any atom is 0.148 e. The summed E-state index contributed by atoms with van der Waals surface area (Å²) in [6, 6.07) is 3.43. The molecule has 3 nitrogen and oxygen atoms in total. The van der Waals surface area contributed by atoms with Crippen molar-refractivity contribution in [1.82, 2.24) is 0 Å². The topological polar surface area (TPSA) is 61.3 Å². The minimum absolute atomic E-state index is 0.0558. The van der Waals surface area contributed by atoms with Crippen LogP contribution in [0.3, 0.4) is 0 Å². The first-order valence-corrected chi connectivity index (χ1v) is 4.54. The molecular formula is C9H11ClN2O. The first kappa shape index (κ1) is 8.66. The van der Waals surface area contributed by atoms with Gasteiger partial charge in [-0.05, 0) is 12.1 Å². The highest BCUT2D eigenvalue weighted by Crippen LogP contribution is 2.39. The summed E-state index contributed by atoms with van der Waals surface area (Å²) in [6.07, 6.45) is 0.788. The van der Waals surface area contributed by atoms with Crippen LogP contribution in [0.2, 0.25) is 5.02 Å². The smallest absolute Gasteiger partial charge is 0.148 e. The Morgan fingerprint density at radius 2 is 2.23 bits per heavy atom. The van der Waals surface area contributed by atoms with E-state index in [0.717, 1.165) is 12.0 Å². The van der Waals surface area contributed by atoms with Crippen LogP contribution in [0.15, 0.2) is 12.1 Å². The fourth-order valence-corrected chi connectivity index (χ4v) is 1.82. The van der Waals surface area contributed by atoms with Gasteiger partial charge in [0.2, 0.25) is 0 Å². The summed E-state index contributed by atoms with van der Waals surface area (Å²) >= 11 is 5.99. The molecule has 1 aromatic rings. The van der Waals surface area contributed by atoms with Gasteiger partial charge in [-0.25, -0.2) is 0 Å². The van der Waals surface area contributed by atoms with Crippen molar-refractivity contribution in [2.24, 2.45) is 5.73 Å². The van der Waals surface area contributed by atoms with Gasteiger partial charge < -0.3 is 16.2 Å². The largest absolute Gasteiger partial charge is 0.491 e. The first-order chi connectivity index (χ1) is 6.20. The molecule has 0 amide bonds. The number of nitrogen functional groups attached to an aromatic ring is 1. The second-order valence-corrected chi connectivity index (χ2v) is 3.53. The molecule has 0 fully saturated rings. The quantitative estimate of drug-likeness (QED) is 0.624. The Morgan fingerprint density at radius 1 is 1.46 bits per heavy atom. The third-order valence-corrected chi connectivity index (χ3v) is 2.55. The molecule has 2 rings (SSSR count). The van der Waals surface area contributed by atoms with Crippen LogP contribution >= 0.6 is 11.6 Å². The zero-order valence-corrected chi connectivity index (χ0v) is 7.84. The predicted octanol–water partition coefficient (Wildman–Crippen LogP) is 1.70. The van der Waals surface area contributed by atoms with Crippen LogP contribution in [0.1, 0.15) is 18.0 Å². The van der Waals surface area contributed by atoms with Gasteiger partial charge >= 0.3 is 0 Å². The number of halogens is 1. The van der Waals surface area contributed by atoms with Gasteiger partial charge in [-0.3, -0.25) is 0 Å². The van der Waals surface area contributed by atoms with Crippen molar-refractivity contribution in [2.75, 3.05) is 12.3 Å². The highest BCUT2D eigenvalue weighted by atomic mass is 35.5. The molecule has 0 spiro atoms. The fourth-order valence-electron chi connectivity index (χ4n) is 1.53. The third-order valence-electron chi connectivity index (χ3n) is 2.22. The molecule has 0 bridgehead atoms. The summed E-state index contributed by atoms with van der Waals surface area (Å²) < 4.78 is 5.42. The van der Waals surface area contributed by atoms with E-state index in [0.29, 0.717) is 23.1 Å². The normalized spacial score (nSPS) is 20.6. The Labute approximate surface area is 81.6 Å². The van der Waals surface area contributed by atoms with E-state index in [1.165, 1.54) is 0 Å². The average Bonchev–Trinajstić information content (AvgIpc) is 2.12. The molecule has 4 N–H and O–H groups in total. The summed E-state index contributed by atoms with van der Waals surface area (Å²) in [7, 11) is 0. The molecule has 13 heavy (non-hydrogen) atoms. The van der Waals surface area contributed by atoms with Crippen LogP contribution in [0.4, 0.5) is 5.69 Å². The molecule has 0 radical (unpaired) electrons. The van der Waals surface area contributed by atoms with Gasteiger partial charge in [0.25, 0.3) is 0 Å². The van der Waals surface area contributed by atoms with Gasteiger partial charge in [0, 0.05) is 23.0 Å². The summed E-state index contributed by atoms with van der Waals surface area (Å²) in [6.45, 7) is 0.610. The van der Waals surface area contributed by atoms with E-state index >= 15 is 0 Å². The molecule has 0 saturated heterocycles. The predicted molar refractivity (Wildman–Crippen MR) is 52.9 cm³/mol. The molecular weight excluding hydrogens is 188 g/mol. The lowest BCUT2D eigenvalue weighted by Crippen LogP contribution is -2.21. The van der Waals surface area contributed by atoms with Crippen LogP contribution in [0.25, 0.3) is 0 Å².